The van der Waals surface area contributed by atoms with Gasteiger partial charge in [-0.25, -0.2) is 0 Å². The van der Waals surface area contributed by atoms with Gasteiger partial charge in [0.1, 0.15) is 6.04 Å². The third-order valence-electron chi connectivity index (χ3n) is 3.19. The summed E-state index contributed by atoms with van der Waals surface area (Å²) in [6.45, 7) is 1.88. The SMILES string of the molecule is Cc1ccccc1C(=O)c1ccc([C@@H](N)C(=O)O)cc1. The number of aryl methyl sites for hydroxylation is 1. The summed E-state index contributed by atoms with van der Waals surface area (Å²) in [5.74, 6) is -1.18. The van der Waals surface area contributed by atoms with E-state index in [1.807, 2.05) is 25.1 Å². The van der Waals surface area contributed by atoms with Crippen molar-refractivity contribution < 1.29 is 14.7 Å². The third kappa shape index (κ3) is 2.75. The summed E-state index contributed by atoms with van der Waals surface area (Å²) in [7, 11) is 0. The van der Waals surface area contributed by atoms with Crippen LogP contribution in [0.15, 0.2) is 48.5 Å². The summed E-state index contributed by atoms with van der Waals surface area (Å²) in [5, 5.41) is 8.84. The van der Waals surface area contributed by atoms with Crippen LogP contribution in [-0.4, -0.2) is 16.9 Å². The van der Waals surface area contributed by atoms with Gasteiger partial charge in [0.2, 0.25) is 0 Å². The summed E-state index contributed by atoms with van der Waals surface area (Å²) in [6.07, 6.45) is 0. The highest BCUT2D eigenvalue weighted by atomic mass is 16.4. The highest BCUT2D eigenvalue weighted by Gasteiger charge is 2.15. The molecule has 1 atom stereocenters. The molecule has 0 saturated carbocycles. The van der Waals surface area contributed by atoms with Crippen molar-refractivity contribution in [1.29, 1.82) is 0 Å². The average molecular weight is 269 g/mol. The van der Waals surface area contributed by atoms with Crippen LogP contribution in [0.2, 0.25) is 0 Å². The predicted molar refractivity (Wildman–Crippen MR) is 75.6 cm³/mol. The predicted octanol–water partition coefficient (Wildman–Crippen LogP) is 2.31. The molecule has 0 aliphatic heterocycles. The summed E-state index contributed by atoms with van der Waals surface area (Å²) in [6, 6.07) is 12.6. The number of carboxylic acid groups (broad SMARTS) is 1. The van der Waals surface area contributed by atoms with E-state index in [1.165, 1.54) is 0 Å². The van der Waals surface area contributed by atoms with Crippen LogP contribution in [0.25, 0.3) is 0 Å². The first-order chi connectivity index (χ1) is 9.50. The molecule has 102 valence electrons. The van der Waals surface area contributed by atoms with Gasteiger partial charge in [-0.1, -0.05) is 48.5 Å². The van der Waals surface area contributed by atoms with E-state index < -0.39 is 12.0 Å². The topological polar surface area (TPSA) is 80.4 Å². The van der Waals surface area contributed by atoms with Crippen LogP contribution < -0.4 is 5.73 Å². The van der Waals surface area contributed by atoms with E-state index in [0.29, 0.717) is 16.7 Å². The van der Waals surface area contributed by atoms with Crippen molar-refractivity contribution in [2.45, 2.75) is 13.0 Å². The molecular weight excluding hydrogens is 254 g/mol. The summed E-state index contributed by atoms with van der Waals surface area (Å²) in [5.41, 5.74) is 8.05. The Morgan fingerprint density at radius 1 is 1.05 bits per heavy atom. The van der Waals surface area contributed by atoms with Gasteiger partial charge < -0.3 is 10.8 Å². The number of aliphatic carboxylic acids is 1. The van der Waals surface area contributed by atoms with Crippen LogP contribution in [0.3, 0.4) is 0 Å². The van der Waals surface area contributed by atoms with E-state index in [-0.39, 0.29) is 5.78 Å². The molecule has 4 heteroatoms. The van der Waals surface area contributed by atoms with Gasteiger partial charge in [0.15, 0.2) is 5.78 Å². The maximum atomic E-state index is 12.3. The monoisotopic (exact) mass is 269 g/mol. The fourth-order valence-electron chi connectivity index (χ4n) is 1.97. The standard InChI is InChI=1S/C16H15NO3/c1-10-4-2-3-5-13(10)15(18)12-8-6-11(7-9-12)14(17)16(19)20/h2-9,14H,17H2,1H3,(H,19,20)/t14-/m1/s1. The molecular formula is C16H15NO3. The van der Waals surface area contributed by atoms with Gasteiger partial charge >= 0.3 is 5.97 Å². The largest absolute Gasteiger partial charge is 0.480 e. The van der Waals surface area contributed by atoms with Crippen LogP contribution in [0.5, 0.6) is 0 Å². The van der Waals surface area contributed by atoms with E-state index >= 15 is 0 Å². The van der Waals surface area contributed by atoms with Crippen molar-refractivity contribution in [1.82, 2.24) is 0 Å². The lowest BCUT2D eigenvalue weighted by atomic mass is 9.97. The van der Waals surface area contributed by atoms with Gasteiger partial charge in [-0.15, -0.1) is 0 Å². The molecule has 0 heterocycles. The van der Waals surface area contributed by atoms with E-state index in [4.69, 9.17) is 10.8 Å². The second-order valence-electron chi connectivity index (χ2n) is 4.58. The molecule has 0 fully saturated rings. The van der Waals surface area contributed by atoms with Crippen LogP contribution >= 0.6 is 0 Å². The zero-order valence-corrected chi connectivity index (χ0v) is 11.0. The summed E-state index contributed by atoms with van der Waals surface area (Å²) in [4.78, 5) is 23.1. The molecule has 2 aromatic carbocycles. The molecule has 3 N–H and O–H groups in total. The second-order valence-corrected chi connectivity index (χ2v) is 4.58. The van der Waals surface area contributed by atoms with Crippen molar-refractivity contribution in [3.8, 4) is 0 Å². The lowest BCUT2D eigenvalue weighted by molar-refractivity contribution is -0.138. The number of carbonyl (C=O) groups is 2. The second kappa shape index (κ2) is 5.67. The van der Waals surface area contributed by atoms with E-state index in [0.717, 1.165) is 5.56 Å². The molecule has 0 saturated heterocycles. The van der Waals surface area contributed by atoms with Gasteiger partial charge in [0.25, 0.3) is 0 Å². The Labute approximate surface area is 116 Å². The number of rotatable bonds is 4. The number of carboxylic acids is 1. The molecule has 0 amide bonds. The molecule has 0 unspecified atom stereocenters. The Morgan fingerprint density at radius 3 is 2.20 bits per heavy atom. The number of benzene rings is 2. The number of hydrogen-bond donors (Lipinski definition) is 2. The first-order valence-electron chi connectivity index (χ1n) is 6.19. The Hall–Kier alpha value is -2.46. The third-order valence-corrected chi connectivity index (χ3v) is 3.19. The average Bonchev–Trinajstić information content (AvgIpc) is 2.46. The molecule has 2 rings (SSSR count). The highest BCUT2D eigenvalue weighted by Crippen LogP contribution is 2.17. The molecule has 0 aromatic heterocycles. The zero-order chi connectivity index (χ0) is 14.7. The molecule has 2 aromatic rings. The highest BCUT2D eigenvalue weighted by molar-refractivity contribution is 6.09. The molecule has 0 radical (unpaired) electrons. The fraction of sp³-hybridized carbons (Fsp3) is 0.125. The molecule has 0 aliphatic carbocycles. The van der Waals surface area contributed by atoms with Gasteiger partial charge in [-0.2, -0.15) is 0 Å². The zero-order valence-electron chi connectivity index (χ0n) is 11.0. The van der Waals surface area contributed by atoms with Crippen LogP contribution in [0.4, 0.5) is 0 Å². The van der Waals surface area contributed by atoms with Crippen molar-refractivity contribution in [2.24, 2.45) is 5.73 Å². The van der Waals surface area contributed by atoms with Crippen molar-refractivity contribution >= 4 is 11.8 Å². The minimum absolute atomic E-state index is 0.0847. The van der Waals surface area contributed by atoms with Gasteiger partial charge in [0, 0.05) is 11.1 Å². The lowest BCUT2D eigenvalue weighted by Crippen LogP contribution is -2.20. The quantitative estimate of drug-likeness (QED) is 0.835. The van der Waals surface area contributed by atoms with Crippen molar-refractivity contribution in [3.05, 3.63) is 70.8 Å². The molecule has 20 heavy (non-hydrogen) atoms. The summed E-state index contributed by atoms with van der Waals surface area (Å²) >= 11 is 0. The van der Waals surface area contributed by atoms with E-state index in [2.05, 4.69) is 0 Å². The van der Waals surface area contributed by atoms with Crippen LogP contribution in [0.1, 0.15) is 33.1 Å². The minimum Gasteiger partial charge on any atom is -0.480 e. The van der Waals surface area contributed by atoms with Crippen LogP contribution in [-0.2, 0) is 4.79 Å². The normalized spacial score (nSPS) is 11.9. The summed E-state index contributed by atoms with van der Waals surface area (Å²) < 4.78 is 0. The Balaban J connectivity index is 2.29. The fourth-order valence-corrected chi connectivity index (χ4v) is 1.97. The van der Waals surface area contributed by atoms with E-state index in [1.54, 1.807) is 30.3 Å². The molecule has 4 nitrogen and oxygen atoms in total. The minimum atomic E-state index is -1.09. The Morgan fingerprint density at radius 2 is 1.65 bits per heavy atom. The first kappa shape index (κ1) is 14.0. The number of carbonyl (C=O) groups excluding carboxylic acids is 1. The number of hydrogen-bond acceptors (Lipinski definition) is 3. The van der Waals surface area contributed by atoms with Gasteiger partial charge in [-0.05, 0) is 18.1 Å². The first-order valence-corrected chi connectivity index (χ1v) is 6.19. The molecule has 0 spiro atoms. The maximum absolute atomic E-state index is 12.3. The van der Waals surface area contributed by atoms with Crippen molar-refractivity contribution in [2.75, 3.05) is 0 Å². The van der Waals surface area contributed by atoms with Gasteiger partial charge in [0.05, 0.1) is 0 Å². The van der Waals surface area contributed by atoms with Crippen LogP contribution in [0, 0.1) is 6.92 Å². The lowest BCUT2D eigenvalue weighted by Gasteiger charge is -2.08. The van der Waals surface area contributed by atoms with Crippen molar-refractivity contribution in [3.63, 3.8) is 0 Å². The Kier molecular flexibility index (Phi) is 3.96. The van der Waals surface area contributed by atoms with E-state index in [9.17, 15) is 9.59 Å². The number of nitrogens with two attached hydrogens (primary N) is 1. The molecule has 0 aliphatic rings. The smallest absolute Gasteiger partial charge is 0.325 e. The van der Waals surface area contributed by atoms with Gasteiger partial charge in [-0.3, -0.25) is 9.59 Å². The number of ketones is 1. The molecule has 0 bridgehead atoms. The Bertz CT molecular complexity index is 647. The maximum Gasteiger partial charge on any atom is 0.325 e.